The molecule has 1 saturated heterocycles. The molecule has 2 unspecified atom stereocenters. The first kappa shape index (κ1) is 20.8. The topological polar surface area (TPSA) is 50.8 Å². The van der Waals surface area contributed by atoms with E-state index in [1.54, 1.807) is 18.4 Å². The highest BCUT2D eigenvalue weighted by atomic mass is 32.1. The van der Waals surface area contributed by atoms with Crippen LogP contribution < -0.4 is 10.1 Å². The van der Waals surface area contributed by atoms with Gasteiger partial charge in [0.05, 0.1) is 32.3 Å². The Bertz CT molecular complexity index is 983. The normalized spacial score (nSPS) is 16.9. The molecular formula is C24H28N2O3S. The molecule has 30 heavy (non-hydrogen) atoms. The monoisotopic (exact) mass is 424 g/mol. The van der Waals surface area contributed by atoms with Crippen molar-refractivity contribution in [1.82, 2.24) is 10.2 Å². The number of amides is 1. The van der Waals surface area contributed by atoms with Crippen LogP contribution in [-0.4, -0.2) is 50.8 Å². The second-order valence-electron chi connectivity index (χ2n) is 7.62. The van der Waals surface area contributed by atoms with E-state index in [0.29, 0.717) is 6.54 Å². The third-order valence-corrected chi connectivity index (χ3v) is 6.77. The molecule has 0 aliphatic carbocycles. The summed E-state index contributed by atoms with van der Waals surface area (Å²) in [7, 11) is 1.67. The van der Waals surface area contributed by atoms with Crippen molar-refractivity contribution in [2.24, 2.45) is 0 Å². The number of fused-ring (bicyclic) bond motifs is 1. The maximum absolute atomic E-state index is 13.0. The van der Waals surface area contributed by atoms with Gasteiger partial charge in [0.2, 0.25) is 5.91 Å². The number of nitrogens with one attached hydrogen (secondary N) is 1. The summed E-state index contributed by atoms with van der Waals surface area (Å²) >= 11 is 1.74. The SMILES string of the molecule is COc1ccc2cc(C(C)C(=O)NCC(c3cccs3)N3CCOCC3)ccc2c1. The van der Waals surface area contributed by atoms with E-state index in [4.69, 9.17) is 9.47 Å². The predicted molar refractivity (Wildman–Crippen MR) is 121 cm³/mol. The summed E-state index contributed by atoms with van der Waals surface area (Å²) in [6.45, 7) is 5.84. The molecule has 2 heterocycles. The van der Waals surface area contributed by atoms with E-state index in [0.717, 1.165) is 48.4 Å². The summed E-state index contributed by atoms with van der Waals surface area (Å²) in [5, 5.41) is 7.51. The number of rotatable bonds is 7. The van der Waals surface area contributed by atoms with Gasteiger partial charge in [-0.05, 0) is 46.8 Å². The van der Waals surface area contributed by atoms with Gasteiger partial charge in [0.1, 0.15) is 5.75 Å². The zero-order valence-electron chi connectivity index (χ0n) is 17.5. The molecule has 6 heteroatoms. The minimum Gasteiger partial charge on any atom is -0.497 e. The number of benzene rings is 2. The quantitative estimate of drug-likeness (QED) is 0.618. The predicted octanol–water partition coefficient (Wildman–Crippen LogP) is 4.20. The minimum atomic E-state index is -0.217. The third-order valence-electron chi connectivity index (χ3n) is 5.79. The molecule has 158 valence electrons. The van der Waals surface area contributed by atoms with Crippen LogP contribution in [0.1, 0.15) is 29.3 Å². The molecule has 0 bridgehead atoms. The summed E-state index contributed by atoms with van der Waals surface area (Å²) in [5.74, 6) is 0.673. The summed E-state index contributed by atoms with van der Waals surface area (Å²) in [6, 6.07) is 16.6. The number of carbonyl (C=O) groups is 1. The van der Waals surface area contributed by atoms with E-state index in [1.807, 2.05) is 31.2 Å². The lowest BCUT2D eigenvalue weighted by atomic mass is 9.97. The van der Waals surface area contributed by atoms with Gasteiger partial charge < -0.3 is 14.8 Å². The second kappa shape index (κ2) is 9.60. The van der Waals surface area contributed by atoms with Crippen LogP contribution in [0.5, 0.6) is 5.75 Å². The number of nitrogens with zero attached hydrogens (tertiary/aromatic N) is 1. The average molecular weight is 425 g/mol. The van der Waals surface area contributed by atoms with Crippen LogP contribution in [0.15, 0.2) is 53.9 Å². The lowest BCUT2D eigenvalue weighted by molar-refractivity contribution is -0.122. The molecule has 0 saturated carbocycles. The standard InChI is InChI=1S/C24H28N2O3S/c1-17(18-5-6-20-15-21(28-2)8-7-19(20)14-18)24(27)25-16-22(23-4-3-13-30-23)26-9-11-29-12-10-26/h3-8,13-15,17,22H,9-12,16H2,1-2H3,(H,25,27). The van der Waals surface area contributed by atoms with Gasteiger partial charge in [0, 0.05) is 24.5 Å². The maximum atomic E-state index is 13.0. The van der Waals surface area contributed by atoms with Crippen LogP contribution >= 0.6 is 11.3 Å². The van der Waals surface area contributed by atoms with E-state index < -0.39 is 0 Å². The second-order valence-corrected chi connectivity index (χ2v) is 8.60. The molecule has 3 aromatic rings. The van der Waals surface area contributed by atoms with Crippen molar-refractivity contribution < 1.29 is 14.3 Å². The molecule has 4 rings (SSSR count). The van der Waals surface area contributed by atoms with Crippen molar-refractivity contribution >= 4 is 28.0 Å². The summed E-state index contributed by atoms with van der Waals surface area (Å²) in [6.07, 6.45) is 0. The van der Waals surface area contributed by atoms with Gasteiger partial charge in [-0.2, -0.15) is 0 Å². The molecule has 2 aromatic carbocycles. The molecule has 1 N–H and O–H groups in total. The van der Waals surface area contributed by atoms with Crippen molar-refractivity contribution in [3.63, 3.8) is 0 Å². The van der Waals surface area contributed by atoms with Gasteiger partial charge in [-0.3, -0.25) is 9.69 Å². The van der Waals surface area contributed by atoms with Crippen molar-refractivity contribution in [2.75, 3.05) is 40.0 Å². The van der Waals surface area contributed by atoms with Crippen LogP contribution in [0.25, 0.3) is 10.8 Å². The molecule has 5 nitrogen and oxygen atoms in total. The van der Waals surface area contributed by atoms with Gasteiger partial charge in [-0.15, -0.1) is 11.3 Å². The molecule has 0 radical (unpaired) electrons. The van der Waals surface area contributed by atoms with E-state index >= 15 is 0 Å². The van der Waals surface area contributed by atoms with Crippen LogP contribution in [-0.2, 0) is 9.53 Å². The number of hydrogen-bond donors (Lipinski definition) is 1. The maximum Gasteiger partial charge on any atom is 0.227 e. The highest BCUT2D eigenvalue weighted by Crippen LogP contribution is 2.27. The Morgan fingerprint density at radius 3 is 2.67 bits per heavy atom. The van der Waals surface area contributed by atoms with Crippen LogP contribution in [0.2, 0.25) is 0 Å². The number of morpholine rings is 1. The fourth-order valence-corrected chi connectivity index (χ4v) is 4.78. The molecule has 0 spiro atoms. The van der Waals surface area contributed by atoms with Gasteiger partial charge in [-0.1, -0.05) is 30.3 Å². The first-order chi connectivity index (χ1) is 14.7. The number of thiophene rings is 1. The summed E-state index contributed by atoms with van der Waals surface area (Å²) in [5.41, 5.74) is 1.02. The van der Waals surface area contributed by atoms with Crippen molar-refractivity contribution in [1.29, 1.82) is 0 Å². The molecule has 1 aliphatic heterocycles. The van der Waals surface area contributed by atoms with Crippen molar-refractivity contribution in [3.05, 3.63) is 64.4 Å². The average Bonchev–Trinajstić information content (AvgIpc) is 3.33. The van der Waals surface area contributed by atoms with Crippen molar-refractivity contribution in [3.8, 4) is 5.75 Å². The smallest absolute Gasteiger partial charge is 0.227 e. The largest absolute Gasteiger partial charge is 0.497 e. The minimum absolute atomic E-state index is 0.0534. The van der Waals surface area contributed by atoms with E-state index in [2.05, 4.69) is 39.9 Å². The van der Waals surface area contributed by atoms with Crippen LogP contribution in [0, 0.1) is 0 Å². The Kier molecular flexibility index (Phi) is 6.67. The number of carbonyl (C=O) groups excluding carboxylic acids is 1. The fraction of sp³-hybridized carbons (Fsp3) is 0.375. The number of hydrogen-bond acceptors (Lipinski definition) is 5. The van der Waals surface area contributed by atoms with Gasteiger partial charge >= 0.3 is 0 Å². The third kappa shape index (κ3) is 4.67. The molecular weight excluding hydrogens is 396 g/mol. The summed E-state index contributed by atoms with van der Waals surface area (Å²) in [4.78, 5) is 16.7. The Labute approximate surface area is 181 Å². The Balaban J connectivity index is 1.45. The zero-order chi connectivity index (χ0) is 20.9. The number of methoxy groups -OCH3 is 1. The van der Waals surface area contributed by atoms with E-state index in [-0.39, 0.29) is 17.9 Å². The number of ether oxygens (including phenoxy) is 2. The Morgan fingerprint density at radius 2 is 1.93 bits per heavy atom. The summed E-state index contributed by atoms with van der Waals surface area (Å²) < 4.78 is 10.8. The molecule has 1 fully saturated rings. The highest BCUT2D eigenvalue weighted by Gasteiger charge is 2.25. The Morgan fingerprint density at radius 1 is 1.17 bits per heavy atom. The van der Waals surface area contributed by atoms with Crippen molar-refractivity contribution in [2.45, 2.75) is 18.9 Å². The lowest BCUT2D eigenvalue weighted by Gasteiger charge is -2.34. The molecule has 2 atom stereocenters. The molecule has 1 amide bonds. The van der Waals surface area contributed by atoms with Gasteiger partial charge in [-0.25, -0.2) is 0 Å². The first-order valence-electron chi connectivity index (χ1n) is 10.4. The first-order valence-corrected chi connectivity index (χ1v) is 11.2. The van der Waals surface area contributed by atoms with E-state index in [1.165, 1.54) is 4.88 Å². The van der Waals surface area contributed by atoms with Crippen LogP contribution in [0.4, 0.5) is 0 Å². The van der Waals surface area contributed by atoms with Crippen LogP contribution in [0.3, 0.4) is 0 Å². The highest BCUT2D eigenvalue weighted by molar-refractivity contribution is 7.10. The molecule has 1 aliphatic rings. The zero-order valence-corrected chi connectivity index (χ0v) is 18.3. The fourth-order valence-electron chi connectivity index (χ4n) is 3.92. The molecule has 1 aromatic heterocycles. The lowest BCUT2D eigenvalue weighted by Crippen LogP contribution is -2.44. The Hall–Kier alpha value is -2.41. The van der Waals surface area contributed by atoms with E-state index in [9.17, 15) is 4.79 Å². The van der Waals surface area contributed by atoms with Gasteiger partial charge in [0.15, 0.2) is 0 Å². The van der Waals surface area contributed by atoms with Gasteiger partial charge in [0.25, 0.3) is 0 Å².